The van der Waals surface area contributed by atoms with Crippen molar-refractivity contribution < 1.29 is 18.3 Å². The number of hydrogen-bond donors (Lipinski definition) is 0. The highest BCUT2D eigenvalue weighted by molar-refractivity contribution is 5.99. The number of imidazole rings is 4. The molecular formula is C94H128N8+4. The Morgan fingerprint density at radius 1 is 0.225 bits per heavy atom. The Hall–Kier alpha value is -7.32. The van der Waals surface area contributed by atoms with Crippen molar-refractivity contribution in [1.82, 2.24) is 17.6 Å². The molecule has 540 valence electrons. The minimum absolute atomic E-state index is 0.0668. The summed E-state index contributed by atoms with van der Waals surface area (Å²) in [6, 6.07) is 36.5. The molecule has 0 atom stereocenters. The molecule has 0 spiro atoms. The molecule has 8 nitrogen and oxygen atoms in total. The summed E-state index contributed by atoms with van der Waals surface area (Å²) in [6.45, 7) is 56.2. The molecule has 0 amide bonds. The number of fused-ring (bicyclic) bond motifs is 20. The predicted molar refractivity (Wildman–Crippen MR) is 431 cm³/mol. The van der Waals surface area contributed by atoms with Crippen LogP contribution in [0.15, 0.2) is 122 Å². The minimum Gasteiger partial charge on any atom is -0.222 e. The predicted octanol–water partition coefficient (Wildman–Crippen LogP) is 22.0. The van der Waals surface area contributed by atoms with E-state index < -0.39 is 0 Å². The van der Waals surface area contributed by atoms with Crippen molar-refractivity contribution in [3.05, 3.63) is 190 Å². The van der Waals surface area contributed by atoms with Gasteiger partial charge < -0.3 is 0 Å². The van der Waals surface area contributed by atoms with Gasteiger partial charge in [-0.15, -0.1) is 0 Å². The van der Waals surface area contributed by atoms with Crippen LogP contribution in [0.5, 0.6) is 0 Å². The molecule has 0 bridgehead atoms. The summed E-state index contributed by atoms with van der Waals surface area (Å²) in [5.74, 6) is 0. The van der Waals surface area contributed by atoms with E-state index in [1.807, 2.05) is 0 Å². The molecule has 8 heteroatoms. The summed E-state index contributed by atoms with van der Waals surface area (Å²) in [4.78, 5) is 0. The van der Waals surface area contributed by atoms with Crippen LogP contribution >= 0.6 is 0 Å². The molecule has 4 aromatic carbocycles. The van der Waals surface area contributed by atoms with E-state index in [2.05, 4.69) is 324 Å². The Morgan fingerprint density at radius 3 is 0.657 bits per heavy atom. The first kappa shape index (κ1) is 73.0. The van der Waals surface area contributed by atoms with Crippen molar-refractivity contribution in [1.29, 1.82) is 0 Å². The lowest BCUT2D eigenvalue weighted by Gasteiger charge is -2.23. The fourth-order valence-corrected chi connectivity index (χ4v) is 18.7. The number of rotatable bonds is 0. The maximum absolute atomic E-state index is 2.67. The third kappa shape index (κ3) is 13.2. The van der Waals surface area contributed by atoms with E-state index in [4.69, 9.17) is 0 Å². The topological polar surface area (TPSA) is 33.2 Å². The number of hydrogen-bond acceptors (Lipinski definition) is 0. The zero-order chi connectivity index (χ0) is 73.3. The average Bonchev–Trinajstić information content (AvgIpc) is 1.57. The van der Waals surface area contributed by atoms with Crippen molar-refractivity contribution >= 4 is 65.7 Å². The van der Waals surface area contributed by atoms with E-state index >= 15 is 0 Å². The number of benzene rings is 4. The highest BCUT2D eigenvalue weighted by atomic mass is 15.2. The summed E-state index contributed by atoms with van der Waals surface area (Å²) >= 11 is 0. The lowest BCUT2D eigenvalue weighted by Crippen LogP contribution is -2.53. The van der Waals surface area contributed by atoms with Crippen LogP contribution in [-0.2, 0) is 95.2 Å². The smallest absolute Gasteiger partial charge is 0.222 e. The van der Waals surface area contributed by atoms with Gasteiger partial charge in [-0.05, 0) is 218 Å². The van der Waals surface area contributed by atoms with Crippen molar-refractivity contribution in [2.24, 2.45) is 0 Å². The summed E-state index contributed by atoms with van der Waals surface area (Å²) in [5.41, 5.74) is 24.5. The van der Waals surface area contributed by atoms with E-state index in [1.165, 1.54) is 221 Å². The van der Waals surface area contributed by atoms with Crippen LogP contribution in [0.2, 0.25) is 0 Å². The molecule has 8 aromatic heterocycles. The van der Waals surface area contributed by atoms with Crippen LogP contribution in [0.4, 0.5) is 0 Å². The standard InChI is InChI=1S/C25H35N2.C24H33N2.C23H31N2.C22H29N2/c1-24(2,3)19-13-11-12-18-16-17-26-20-14-9-7-8-10-15-21(20)27(25(4,5)6)23(26)22(18)19;1-23(2,3)18-12-10-11-17-15-16-25-19-13-8-7-9-14-20(19)26(24(4,5)6)22(25)21(17)18;1-22(2,3)17-11-9-10-16-14-15-24-18-12-7-8-13-19(18)25(23(4,5)6)21(24)20(16)17;1-21(2,3)16-10-7-9-15-13-14-23-17-11-8-12-18(17)24(22(4,5)6)20(23)19(15)16/h11-13,16-17H,7-10,14-15H2,1-6H3;10-12,15-16H,7-9,13-14H2,1-6H3;9-11,14-15H,7-8,12-13H2,1-6H3;7,9-10,13-14H,8,11-12H2,1-6H3/q4*+1. The van der Waals surface area contributed by atoms with Crippen molar-refractivity contribution in [3.8, 4) is 0 Å². The molecule has 0 unspecified atom stereocenters. The third-order valence-electron chi connectivity index (χ3n) is 23.0. The Balaban J connectivity index is 0.000000121. The molecule has 4 aliphatic rings. The maximum Gasteiger partial charge on any atom is 0.295 e. The summed E-state index contributed by atoms with van der Waals surface area (Å²) < 4.78 is 20.6. The van der Waals surface area contributed by atoms with E-state index in [0.717, 1.165) is 0 Å². The molecule has 4 aliphatic carbocycles. The Morgan fingerprint density at radius 2 is 0.422 bits per heavy atom. The van der Waals surface area contributed by atoms with Gasteiger partial charge in [-0.2, -0.15) is 17.6 Å². The summed E-state index contributed by atoms with van der Waals surface area (Å²) in [7, 11) is 0. The van der Waals surface area contributed by atoms with Crippen LogP contribution in [0.25, 0.3) is 65.7 Å². The average molecular weight is 1370 g/mol. The van der Waals surface area contributed by atoms with Crippen LogP contribution in [-0.4, -0.2) is 17.6 Å². The second-order valence-corrected chi connectivity index (χ2v) is 39.3. The quantitative estimate of drug-likeness (QED) is 0.107. The molecule has 0 N–H and O–H groups in total. The van der Waals surface area contributed by atoms with Gasteiger partial charge in [0.2, 0.25) is 0 Å². The summed E-state index contributed by atoms with van der Waals surface area (Å²) in [5, 5.41) is 11.2. The molecule has 0 fully saturated rings. The SMILES string of the molecule is CC(C)(C)c1cccc2ccn3c4c([n+](C(C)(C)C)c3c12)CCC4.CC(C)(C)c1cccc2ccn3c4c([n+](C(C)(C)C)c3c12)CCCC4.CC(C)(C)c1cccc2ccn3c4c([n+](C(C)(C)C)c3c12)CCCCC4.CC(C)(C)c1cccc2ccn3c4c([n+](C(C)(C)C)c3c12)CCCCCC4. The summed E-state index contributed by atoms with van der Waals surface area (Å²) in [6.07, 6.45) is 32.0. The first-order valence-electron chi connectivity index (χ1n) is 39.8. The fourth-order valence-electron chi connectivity index (χ4n) is 18.7. The van der Waals surface area contributed by atoms with Gasteiger partial charge in [0.15, 0.2) is 22.8 Å². The highest BCUT2D eigenvalue weighted by Gasteiger charge is 2.42. The highest BCUT2D eigenvalue weighted by Crippen LogP contribution is 2.41. The number of nitrogens with zero attached hydrogens (tertiary/aromatic N) is 8. The van der Waals surface area contributed by atoms with Crippen molar-refractivity contribution in [2.45, 2.75) is 326 Å². The number of aryl methyl sites for hydroxylation is 4. The maximum atomic E-state index is 2.67. The normalized spacial score (nSPS) is 15.9. The lowest BCUT2D eigenvalue weighted by molar-refractivity contribution is -0.736. The number of pyridine rings is 4. The van der Waals surface area contributed by atoms with Gasteiger partial charge in [0, 0.05) is 51.4 Å². The Bertz CT molecular complexity index is 5180. The minimum atomic E-state index is 0.0668. The zero-order valence-corrected chi connectivity index (χ0v) is 67.9. The number of aromatic nitrogens is 8. The third-order valence-corrected chi connectivity index (χ3v) is 23.0. The largest absolute Gasteiger partial charge is 0.295 e. The van der Waals surface area contributed by atoms with Gasteiger partial charge in [0.25, 0.3) is 22.6 Å². The van der Waals surface area contributed by atoms with Crippen LogP contribution in [0.3, 0.4) is 0 Å². The Labute approximate surface area is 613 Å². The Kier molecular flexibility index (Phi) is 18.9. The van der Waals surface area contributed by atoms with Gasteiger partial charge in [-0.1, -0.05) is 175 Å². The van der Waals surface area contributed by atoms with Gasteiger partial charge in [0.1, 0.15) is 44.9 Å². The molecule has 102 heavy (non-hydrogen) atoms. The van der Waals surface area contributed by atoms with E-state index in [1.54, 1.807) is 28.5 Å². The molecule has 0 radical (unpaired) electrons. The van der Waals surface area contributed by atoms with Gasteiger partial charge in [-0.3, -0.25) is 0 Å². The monoisotopic (exact) mass is 1370 g/mol. The molecule has 16 rings (SSSR count). The van der Waals surface area contributed by atoms with Crippen LogP contribution < -0.4 is 18.3 Å². The van der Waals surface area contributed by atoms with E-state index in [9.17, 15) is 0 Å². The van der Waals surface area contributed by atoms with E-state index in [-0.39, 0.29) is 43.8 Å². The molecular weight excluding hydrogens is 1240 g/mol. The second kappa shape index (κ2) is 26.4. The molecule has 8 heterocycles. The van der Waals surface area contributed by atoms with Gasteiger partial charge >= 0.3 is 0 Å². The first-order chi connectivity index (χ1) is 47.8. The van der Waals surface area contributed by atoms with E-state index in [0.29, 0.717) is 0 Å². The van der Waals surface area contributed by atoms with Crippen molar-refractivity contribution in [2.75, 3.05) is 0 Å². The van der Waals surface area contributed by atoms with Gasteiger partial charge in [0.05, 0.1) is 46.3 Å². The molecule has 0 aliphatic heterocycles. The molecule has 0 saturated heterocycles. The lowest BCUT2D eigenvalue weighted by atomic mass is 9.84. The van der Waals surface area contributed by atoms with Crippen LogP contribution in [0, 0.1) is 0 Å². The first-order valence-corrected chi connectivity index (χ1v) is 39.8. The second-order valence-electron chi connectivity index (χ2n) is 39.3. The fraction of sp³-hybridized carbons (Fsp3) is 0.532. The molecule has 12 aromatic rings. The molecule has 0 saturated carbocycles. The zero-order valence-electron chi connectivity index (χ0n) is 67.9. The van der Waals surface area contributed by atoms with Gasteiger partial charge in [-0.25, -0.2) is 18.3 Å². The van der Waals surface area contributed by atoms with Crippen LogP contribution in [0.1, 0.15) is 298 Å². The van der Waals surface area contributed by atoms with Crippen molar-refractivity contribution in [3.63, 3.8) is 0 Å².